The second-order valence-corrected chi connectivity index (χ2v) is 12.5. The maximum absolute atomic E-state index is 6.39. The van der Waals surface area contributed by atoms with Crippen LogP contribution in [-0.4, -0.2) is 0 Å². The highest BCUT2D eigenvalue weighted by Crippen LogP contribution is 2.47. The van der Waals surface area contributed by atoms with Crippen LogP contribution < -0.4 is 0 Å². The van der Waals surface area contributed by atoms with E-state index >= 15 is 0 Å². The second-order valence-electron chi connectivity index (χ2n) is 12.5. The predicted molar refractivity (Wildman–Crippen MR) is 200 cm³/mol. The summed E-state index contributed by atoms with van der Waals surface area (Å²) in [4.78, 5) is 0. The van der Waals surface area contributed by atoms with Gasteiger partial charge in [-0.2, -0.15) is 0 Å². The Bertz CT molecular complexity index is 2800. The van der Waals surface area contributed by atoms with Gasteiger partial charge >= 0.3 is 0 Å². The molecule has 0 fully saturated rings. The van der Waals surface area contributed by atoms with Crippen LogP contribution in [-0.2, 0) is 0 Å². The van der Waals surface area contributed by atoms with Crippen LogP contribution in [0.3, 0.4) is 0 Å². The van der Waals surface area contributed by atoms with E-state index in [0.717, 1.165) is 21.9 Å². The number of hydrogen-bond acceptors (Lipinski definition) is 1. The first-order valence-electron chi connectivity index (χ1n) is 16.2. The first-order chi connectivity index (χ1) is 23.3. The molecule has 1 nitrogen and oxygen atoms in total. The molecular weight excluding hydrogens is 569 g/mol. The Kier molecular flexibility index (Phi) is 5.64. The zero-order chi connectivity index (χ0) is 30.9. The standard InChI is InChI=1S/C46H28O/c1-2-12-30-25-33(22-21-29(30)11-1)35-15-5-6-16-36(35)46-39-19-9-7-17-37(39)45(38-18-8-10-20-40(38)46)34-23-24-43-41(27-34)42-26-31-13-3-4-14-32(31)28-44(42)47-43/h1-28H. The monoisotopic (exact) mass is 596 g/mol. The third-order valence-corrected chi connectivity index (χ3v) is 9.81. The molecule has 218 valence electrons. The molecule has 0 spiro atoms. The molecule has 0 unspecified atom stereocenters. The normalized spacial score (nSPS) is 11.8. The molecule has 0 aliphatic carbocycles. The summed E-state index contributed by atoms with van der Waals surface area (Å²) in [5, 5.41) is 12.2. The highest BCUT2D eigenvalue weighted by Gasteiger charge is 2.20. The summed E-state index contributed by atoms with van der Waals surface area (Å²) >= 11 is 0. The minimum absolute atomic E-state index is 0.911. The topological polar surface area (TPSA) is 13.1 Å². The molecule has 0 saturated carbocycles. The van der Waals surface area contributed by atoms with E-state index in [1.807, 2.05) is 0 Å². The summed E-state index contributed by atoms with van der Waals surface area (Å²) in [6.07, 6.45) is 0. The molecule has 47 heavy (non-hydrogen) atoms. The van der Waals surface area contributed by atoms with Crippen molar-refractivity contribution in [1.82, 2.24) is 0 Å². The van der Waals surface area contributed by atoms with Crippen molar-refractivity contribution in [3.63, 3.8) is 0 Å². The Morgan fingerprint density at radius 2 is 0.787 bits per heavy atom. The Labute approximate surface area is 271 Å². The van der Waals surface area contributed by atoms with E-state index in [-0.39, 0.29) is 0 Å². The largest absolute Gasteiger partial charge is 0.456 e. The number of furan rings is 1. The molecule has 0 bridgehead atoms. The van der Waals surface area contributed by atoms with Gasteiger partial charge < -0.3 is 4.42 Å². The van der Waals surface area contributed by atoms with Crippen molar-refractivity contribution >= 4 is 65.0 Å². The van der Waals surface area contributed by atoms with Crippen molar-refractivity contribution in [2.75, 3.05) is 0 Å². The molecule has 9 aromatic carbocycles. The fraction of sp³-hybridized carbons (Fsp3) is 0. The number of fused-ring (bicyclic) bond motifs is 7. The number of rotatable bonds is 3. The van der Waals surface area contributed by atoms with Gasteiger partial charge in [-0.1, -0.05) is 140 Å². The van der Waals surface area contributed by atoms with E-state index < -0.39 is 0 Å². The van der Waals surface area contributed by atoms with E-state index in [2.05, 4.69) is 170 Å². The molecule has 10 rings (SSSR count). The lowest BCUT2D eigenvalue weighted by Gasteiger charge is -2.20. The van der Waals surface area contributed by atoms with Gasteiger partial charge in [0.15, 0.2) is 0 Å². The van der Waals surface area contributed by atoms with Crippen LogP contribution in [0.4, 0.5) is 0 Å². The van der Waals surface area contributed by atoms with Gasteiger partial charge in [0.2, 0.25) is 0 Å². The van der Waals surface area contributed by atoms with E-state index in [9.17, 15) is 0 Å². The molecule has 0 radical (unpaired) electrons. The lowest BCUT2D eigenvalue weighted by Crippen LogP contribution is -1.92. The van der Waals surface area contributed by atoms with Crippen LogP contribution in [0.1, 0.15) is 0 Å². The van der Waals surface area contributed by atoms with Gasteiger partial charge in [-0.15, -0.1) is 0 Å². The first-order valence-corrected chi connectivity index (χ1v) is 16.2. The van der Waals surface area contributed by atoms with Crippen LogP contribution in [0.5, 0.6) is 0 Å². The van der Waals surface area contributed by atoms with E-state index in [1.54, 1.807) is 0 Å². The van der Waals surface area contributed by atoms with Crippen molar-refractivity contribution in [3.05, 3.63) is 170 Å². The molecule has 1 heteroatoms. The lowest BCUT2D eigenvalue weighted by atomic mass is 9.83. The molecule has 0 saturated heterocycles. The fourth-order valence-electron chi connectivity index (χ4n) is 7.66. The van der Waals surface area contributed by atoms with Crippen LogP contribution in [0, 0.1) is 0 Å². The third-order valence-electron chi connectivity index (χ3n) is 9.81. The Hall–Kier alpha value is -6.18. The Balaban J connectivity index is 1.25. The zero-order valence-electron chi connectivity index (χ0n) is 25.6. The summed E-state index contributed by atoms with van der Waals surface area (Å²) in [7, 11) is 0. The smallest absolute Gasteiger partial charge is 0.136 e. The molecule has 0 aliphatic rings. The van der Waals surface area contributed by atoms with Gasteiger partial charge in [0.1, 0.15) is 11.2 Å². The highest BCUT2D eigenvalue weighted by molar-refractivity contribution is 6.23. The number of benzene rings is 9. The maximum Gasteiger partial charge on any atom is 0.136 e. The highest BCUT2D eigenvalue weighted by atomic mass is 16.3. The molecular formula is C46H28O. The molecule has 10 aromatic rings. The SMILES string of the molecule is c1ccc(-c2c3ccccc3c(-c3ccc4oc5cc6ccccc6cc5c4c3)c3ccccc23)c(-c2ccc3ccccc3c2)c1. The van der Waals surface area contributed by atoms with E-state index in [4.69, 9.17) is 4.42 Å². The average molecular weight is 597 g/mol. The minimum atomic E-state index is 0.911. The molecule has 0 aliphatic heterocycles. The van der Waals surface area contributed by atoms with E-state index in [1.165, 1.54) is 76.5 Å². The molecule has 0 N–H and O–H groups in total. The van der Waals surface area contributed by atoms with Gasteiger partial charge in [-0.05, 0) is 107 Å². The Morgan fingerprint density at radius 3 is 1.49 bits per heavy atom. The van der Waals surface area contributed by atoms with Crippen LogP contribution in [0.15, 0.2) is 174 Å². The molecule has 1 heterocycles. The van der Waals surface area contributed by atoms with Gasteiger partial charge in [-0.25, -0.2) is 0 Å². The van der Waals surface area contributed by atoms with Crippen molar-refractivity contribution in [2.45, 2.75) is 0 Å². The summed E-state index contributed by atoms with van der Waals surface area (Å²) in [5.41, 5.74) is 9.24. The summed E-state index contributed by atoms with van der Waals surface area (Å²) in [6, 6.07) is 61.7. The van der Waals surface area contributed by atoms with Gasteiger partial charge in [-0.3, -0.25) is 0 Å². The van der Waals surface area contributed by atoms with Crippen LogP contribution in [0.25, 0.3) is 98.4 Å². The Morgan fingerprint density at radius 1 is 0.277 bits per heavy atom. The average Bonchev–Trinajstić information content (AvgIpc) is 3.49. The zero-order valence-corrected chi connectivity index (χ0v) is 25.6. The van der Waals surface area contributed by atoms with Gasteiger partial charge in [0, 0.05) is 10.8 Å². The predicted octanol–water partition coefficient (Wildman–Crippen LogP) is 13.2. The maximum atomic E-state index is 6.39. The summed E-state index contributed by atoms with van der Waals surface area (Å²) in [6.45, 7) is 0. The molecule has 0 amide bonds. The first kappa shape index (κ1) is 26.1. The van der Waals surface area contributed by atoms with Crippen molar-refractivity contribution in [2.24, 2.45) is 0 Å². The summed E-state index contributed by atoms with van der Waals surface area (Å²) in [5.74, 6) is 0. The van der Waals surface area contributed by atoms with Crippen LogP contribution in [0.2, 0.25) is 0 Å². The van der Waals surface area contributed by atoms with Gasteiger partial charge in [0.25, 0.3) is 0 Å². The summed E-state index contributed by atoms with van der Waals surface area (Å²) < 4.78 is 6.39. The second kappa shape index (κ2) is 10.2. The molecule has 0 atom stereocenters. The quantitative estimate of drug-likeness (QED) is 0.185. The molecule has 1 aromatic heterocycles. The van der Waals surface area contributed by atoms with Crippen LogP contribution >= 0.6 is 0 Å². The van der Waals surface area contributed by atoms with Gasteiger partial charge in [0.05, 0.1) is 0 Å². The van der Waals surface area contributed by atoms with Crippen molar-refractivity contribution < 1.29 is 4.42 Å². The van der Waals surface area contributed by atoms with E-state index in [0.29, 0.717) is 0 Å². The third kappa shape index (κ3) is 4.03. The lowest BCUT2D eigenvalue weighted by molar-refractivity contribution is 0.669. The van der Waals surface area contributed by atoms with Crippen molar-refractivity contribution in [1.29, 1.82) is 0 Å². The van der Waals surface area contributed by atoms with Crippen molar-refractivity contribution in [3.8, 4) is 33.4 Å². The number of hydrogen-bond donors (Lipinski definition) is 0. The fourth-order valence-corrected chi connectivity index (χ4v) is 7.66. The minimum Gasteiger partial charge on any atom is -0.456 e.